The van der Waals surface area contributed by atoms with Gasteiger partial charge in [0.25, 0.3) is 0 Å². The van der Waals surface area contributed by atoms with Crippen molar-refractivity contribution in [1.29, 1.82) is 0 Å². The first kappa shape index (κ1) is 23.1. The SMILES string of the molecule is CCOC(=O)c1ccc2c(c1)N[C@H](CC(=O)Nc1ccccc1C(F)(F)F)C(=O)N2CC. The number of nitrogens with zero attached hydrogens (tertiary/aromatic N) is 1. The number of rotatable bonds is 6. The summed E-state index contributed by atoms with van der Waals surface area (Å²) in [6.07, 6.45) is -5.03. The van der Waals surface area contributed by atoms with Crippen molar-refractivity contribution in [1.82, 2.24) is 0 Å². The summed E-state index contributed by atoms with van der Waals surface area (Å²) in [6.45, 7) is 3.94. The second-order valence-corrected chi connectivity index (χ2v) is 7.03. The van der Waals surface area contributed by atoms with Gasteiger partial charge in [0.2, 0.25) is 11.8 Å². The number of likely N-dealkylation sites (N-methyl/N-ethyl adjacent to an activating group) is 1. The van der Waals surface area contributed by atoms with Crippen LogP contribution in [0, 0.1) is 0 Å². The van der Waals surface area contributed by atoms with Gasteiger partial charge in [-0.3, -0.25) is 9.59 Å². The molecule has 0 saturated carbocycles. The Bertz CT molecular complexity index is 1040. The van der Waals surface area contributed by atoms with Crippen LogP contribution in [0.4, 0.5) is 30.2 Å². The third-order valence-corrected chi connectivity index (χ3v) is 4.90. The molecule has 7 nitrogen and oxygen atoms in total. The number of hydrogen-bond donors (Lipinski definition) is 2. The average molecular weight is 449 g/mol. The lowest BCUT2D eigenvalue weighted by Crippen LogP contribution is -2.48. The van der Waals surface area contributed by atoms with E-state index in [0.717, 1.165) is 12.1 Å². The molecule has 1 aliphatic heterocycles. The molecule has 10 heteroatoms. The number of amides is 2. The van der Waals surface area contributed by atoms with Gasteiger partial charge in [-0.1, -0.05) is 12.1 Å². The maximum atomic E-state index is 13.2. The molecule has 32 heavy (non-hydrogen) atoms. The van der Waals surface area contributed by atoms with Crippen LogP contribution in [0.3, 0.4) is 0 Å². The van der Waals surface area contributed by atoms with Crippen molar-refractivity contribution < 1.29 is 32.3 Å². The Kier molecular flexibility index (Phi) is 6.71. The molecule has 0 saturated heterocycles. The van der Waals surface area contributed by atoms with Gasteiger partial charge in [0.15, 0.2) is 0 Å². The number of para-hydroxylation sites is 1. The maximum Gasteiger partial charge on any atom is 0.418 e. The van der Waals surface area contributed by atoms with Crippen LogP contribution in [0.1, 0.15) is 36.2 Å². The zero-order valence-electron chi connectivity index (χ0n) is 17.5. The number of ether oxygens (including phenoxy) is 1. The van der Waals surface area contributed by atoms with E-state index in [1.165, 1.54) is 29.2 Å². The molecule has 2 aromatic rings. The molecule has 0 aliphatic carbocycles. The van der Waals surface area contributed by atoms with Crippen molar-refractivity contribution in [3.05, 3.63) is 53.6 Å². The molecule has 1 heterocycles. The van der Waals surface area contributed by atoms with Gasteiger partial charge in [-0.05, 0) is 44.2 Å². The van der Waals surface area contributed by atoms with E-state index < -0.39 is 42.0 Å². The number of benzene rings is 2. The standard InChI is InChI=1S/C22H22F3N3O4/c1-3-28-18-10-9-13(21(31)32-4-2)11-16(18)26-17(20(28)30)12-19(29)27-15-8-6-5-7-14(15)22(23,24)25/h5-11,17,26H,3-4,12H2,1-2H3,(H,27,29)/t17-/m1/s1. The second-order valence-electron chi connectivity index (χ2n) is 7.03. The molecule has 0 radical (unpaired) electrons. The highest BCUT2D eigenvalue weighted by molar-refractivity contribution is 6.08. The maximum absolute atomic E-state index is 13.2. The van der Waals surface area contributed by atoms with E-state index in [1.807, 2.05) is 0 Å². The van der Waals surface area contributed by atoms with Crippen LogP contribution in [0.25, 0.3) is 0 Å². The minimum absolute atomic E-state index is 0.200. The number of carbonyl (C=O) groups excluding carboxylic acids is 3. The molecule has 1 atom stereocenters. The lowest BCUT2D eigenvalue weighted by Gasteiger charge is -2.34. The van der Waals surface area contributed by atoms with Crippen LogP contribution in [-0.4, -0.2) is 37.0 Å². The lowest BCUT2D eigenvalue weighted by molar-refractivity contribution is -0.137. The first-order valence-corrected chi connectivity index (χ1v) is 10.0. The molecule has 0 unspecified atom stereocenters. The number of esters is 1. The van der Waals surface area contributed by atoms with Crippen LogP contribution in [0.15, 0.2) is 42.5 Å². The summed E-state index contributed by atoms with van der Waals surface area (Å²) in [5.74, 6) is -1.69. The minimum atomic E-state index is -4.63. The van der Waals surface area contributed by atoms with Gasteiger partial charge in [0.1, 0.15) is 6.04 Å². The van der Waals surface area contributed by atoms with Gasteiger partial charge in [-0.15, -0.1) is 0 Å². The number of fused-ring (bicyclic) bond motifs is 1. The van der Waals surface area contributed by atoms with Gasteiger partial charge in [-0.2, -0.15) is 13.2 Å². The fourth-order valence-corrected chi connectivity index (χ4v) is 3.48. The summed E-state index contributed by atoms with van der Waals surface area (Å²) in [4.78, 5) is 38.9. The number of carbonyl (C=O) groups is 3. The predicted molar refractivity (Wildman–Crippen MR) is 113 cm³/mol. The number of nitrogens with one attached hydrogen (secondary N) is 2. The largest absolute Gasteiger partial charge is 0.462 e. The molecule has 170 valence electrons. The fraction of sp³-hybridized carbons (Fsp3) is 0.318. The topological polar surface area (TPSA) is 87.7 Å². The minimum Gasteiger partial charge on any atom is -0.462 e. The van der Waals surface area contributed by atoms with Crippen LogP contribution in [-0.2, 0) is 20.5 Å². The van der Waals surface area contributed by atoms with Gasteiger partial charge in [0.05, 0.1) is 41.2 Å². The number of anilines is 3. The zero-order chi connectivity index (χ0) is 23.5. The van der Waals surface area contributed by atoms with Gasteiger partial charge >= 0.3 is 12.1 Å². The van der Waals surface area contributed by atoms with E-state index in [-0.39, 0.29) is 17.9 Å². The average Bonchev–Trinajstić information content (AvgIpc) is 2.74. The van der Waals surface area contributed by atoms with E-state index in [0.29, 0.717) is 17.9 Å². The van der Waals surface area contributed by atoms with Crippen LogP contribution in [0.5, 0.6) is 0 Å². The Morgan fingerprint density at radius 3 is 2.53 bits per heavy atom. The van der Waals surface area contributed by atoms with Crippen molar-refractivity contribution in [2.24, 2.45) is 0 Å². The monoisotopic (exact) mass is 449 g/mol. The molecule has 2 N–H and O–H groups in total. The lowest BCUT2D eigenvalue weighted by atomic mass is 10.0. The Morgan fingerprint density at radius 1 is 1.16 bits per heavy atom. The molecular formula is C22H22F3N3O4. The van der Waals surface area contributed by atoms with E-state index in [9.17, 15) is 27.6 Å². The molecule has 0 spiro atoms. The number of halogens is 3. The highest BCUT2D eigenvalue weighted by Crippen LogP contribution is 2.36. The highest BCUT2D eigenvalue weighted by atomic mass is 19.4. The van der Waals surface area contributed by atoms with E-state index >= 15 is 0 Å². The zero-order valence-corrected chi connectivity index (χ0v) is 17.5. The number of hydrogen-bond acceptors (Lipinski definition) is 5. The Labute approximate surface area is 182 Å². The van der Waals surface area contributed by atoms with Crippen molar-refractivity contribution in [2.75, 3.05) is 28.7 Å². The summed E-state index contributed by atoms with van der Waals surface area (Å²) < 4.78 is 44.5. The van der Waals surface area contributed by atoms with Crippen molar-refractivity contribution in [3.63, 3.8) is 0 Å². The van der Waals surface area contributed by atoms with Crippen molar-refractivity contribution >= 4 is 34.8 Å². The van der Waals surface area contributed by atoms with Crippen molar-refractivity contribution in [2.45, 2.75) is 32.5 Å². The quantitative estimate of drug-likeness (QED) is 0.650. The van der Waals surface area contributed by atoms with E-state index in [1.54, 1.807) is 19.9 Å². The highest BCUT2D eigenvalue weighted by Gasteiger charge is 2.36. The van der Waals surface area contributed by atoms with Gasteiger partial charge < -0.3 is 20.3 Å². The van der Waals surface area contributed by atoms with Gasteiger partial charge in [-0.25, -0.2) is 4.79 Å². The van der Waals surface area contributed by atoms with Crippen LogP contribution >= 0.6 is 0 Å². The third kappa shape index (κ3) is 4.84. The summed E-state index contributed by atoms with van der Waals surface area (Å²) in [6, 6.07) is 8.26. The summed E-state index contributed by atoms with van der Waals surface area (Å²) in [5, 5.41) is 5.17. The first-order chi connectivity index (χ1) is 15.2. The molecule has 2 amide bonds. The fourth-order valence-electron chi connectivity index (χ4n) is 3.48. The molecular weight excluding hydrogens is 427 g/mol. The Morgan fingerprint density at radius 2 is 1.88 bits per heavy atom. The number of alkyl halides is 3. The normalized spacial score (nSPS) is 15.6. The van der Waals surface area contributed by atoms with Crippen molar-refractivity contribution in [3.8, 4) is 0 Å². The first-order valence-electron chi connectivity index (χ1n) is 10.0. The molecule has 0 fully saturated rings. The third-order valence-electron chi connectivity index (χ3n) is 4.90. The summed E-state index contributed by atoms with van der Waals surface area (Å²) >= 11 is 0. The summed E-state index contributed by atoms with van der Waals surface area (Å²) in [5.41, 5.74) is -0.109. The second kappa shape index (κ2) is 9.29. The molecule has 3 rings (SSSR count). The van der Waals surface area contributed by atoms with Crippen LogP contribution in [0.2, 0.25) is 0 Å². The summed E-state index contributed by atoms with van der Waals surface area (Å²) in [7, 11) is 0. The Balaban J connectivity index is 1.81. The molecule has 0 bridgehead atoms. The molecule has 1 aliphatic rings. The van der Waals surface area contributed by atoms with E-state index in [2.05, 4.69) is 10.6 Å². The van der Waals surface area contributed by atoms with Gasteiger partial charge in [0, 0.05) is 6.54 Å². The molecule has 2 aromatic carbocycles. The predicted octanol–water partition coefficient (Wildman–Crippen LogP) is 4.06. The molecule has 0 aromatic heterocycles. The smallest absolute Gasteiger partial charge is 0.418 e. The Hall–Kier alpha value is -3.56. The van der Waals surface area contributed by atoms with E-state index in [4.69, 9.17) is 4.74 Å². The van der Waals surface area contributed by atoms with Crippen LogP contribution < -0.4 is 15.5 Å².